The van der Waals surface area contributed by atoms with Gasteiger partial charge in [-0.15, -0.1) is 17.0 Å². The number of anilines is 1. The van der Waals surface area contributed by atoms with E-state index in [1.54, 1.807) is 24.3 Å². The van der Waals surface area contributed by atoms with Crippen molar-refractivity contribution in [1.82, 2.24) is 0 Å². The second kappa shape index (κ2) is 5.32. The molecule has 0 aliphatic heterocycles. The van der Waals surface area contributed by atoms with E-state index in [1.807, 2.05) is 0 Å². The number of hydrogen-bond donors (Lipinski definition) is 1. The van der Waals surface area contributed by atoms with Crippen LogP contribution in [0, 0.1) is 0 Å². The summed E-state index contributed by atoms with van der Waals surface area (Å²) in [6.07, 6.45) is 0. The number of alkyl halides is 1. The van der Waals surface area contributed by atoms with E-state index in [2.05, 4.69) is 15.9 Å². The van der Waals surface area contributed by atoms with E-state index in [0.29, 0.717) is 16.6 Å². The van der Waals surface area contributed by atoms with E-state index in [0.717, 1.165) is 0 Å². The molecule has 0 fully saturated rings. The highest BCUT2D eigenvalue weighted by Gasteiger charge is 2.01. The van der Waals surface area contributed by atoms with E-state index in [-0.39, 0.29) is 22.8 Å². The Morgan fingerprint density at radius 1 is 1.50 bits per heavy atom. The van der Waals surface area contributed by atoms with Crippen LogP contribution in [-0.2, 0) is 0 Å². The lowest BCUT2D eigenvalue weighted by Gasteiger charge is -1.97. The second-order valence-corrected chi connectivity index (χ2v) is 2.74. The minimum absolute atomic E-state index is 0. The number of Topliss-reactive ketones (excluding diaryl/α,β-unsaturated/α-hetero) is 1. The molecular weight excluding hydrogens is 286 g/mol. The van der Waals surface area contributed by atoms with E-state index in [1.165, 1.54) is 0 Å². The third-order valence-corrected chi connectivity index (χ3v) is 1.84. The van der Waals surface area contributed by atoms with Crippen LogP contribution >= 0.6 is 32.9 Å². The molecule has 0 aromatic heterocycles. The Morgan fingerprint density at radius 2 is 2.17 bits per heavy atom. The maximum atomic E-state index is 11.1. The summed E-state index contributed by atoms with van der Waals surface area (Å²) < 4.78 is 0. The van der Waals surface area contributed by atoms with Crippen molar-refractivity contribution < 1.29 is 4.79 Å². The molecule has 66 valence electrons. The SMILES string of the molecule is Br.Nc1cccc(C(=O)CBr)c1. The lowest BCUT2D eigenvalue weighted by molar-refractivity contribution is 0.102. The molecule has 0 atom stereocenters. The molecular formula is C8H9Br2NO. The van der Waals surface area contributed by atoms with Gasteiger partial charge in [-0.05, 0) is 12.1 Å². The highest BCUT2D eigenvalue weighted by Crippen LogP contribution is 2.07. The number of nitrogen functional groups attached to an aromatic ring is 1. The molecule has 1 aromatic rings. The van der Waals surface area contributed by atoms with Crippen LogP contribution in [0.15, 0.2) is 24.3 Å². The van der Waals surface area contributed by atoms with Gasteiger partial charge in [0, 0.05) is 11.3 Å². The van der Waals surface area contributed by atoms with Crippen molar-refractivity contribution in [3.63, 3.8) is 0 Å². The molecule has 12 heavy (non-hydrogen) atoms. The van der Waals surface area contributed by atoms with Crippen LogP contribution in [-0.4, -0.2) is 11.1 Å². The summed E-state index contributed by atoms with van der Waals surface area (Å²) in [6.45, 7) is 0. The molecule has 1 rings (SSSR count). The molecule has 0 saturated carbocycles. The first-order valence-electron chi connectivity index (χ1n) is 3.18. The third kappa shape index (κ3) is 2.95. The van der Waals surface area contributed by atoms with Gasteiger partial charge in [-0.1, -0.05) is 28.1 Å². The lowest BCUT2D eigenvalue weighted by atomic mass is 10.1. The lowest BCUT2D eigenvalue weighted by Crippen LogP contribution is -2.00. The number of ketones is 1. The van der Waals surface area contributed by atoms with Crippen molar-refractivity contribution in [3.05, 3.63) is 29.8 Å². The Labute approximate surface area is 90.0 Å². The van der Waals surface area contributed by atoms with Crippen molar-refractivity contribution in [1.29, 1.82) is 0 Å². The first-order chi connectivity index (χ1) is 5.24. The van der Waals surface area contributed by atoms with Gasteiger partial charge >= 0.3 is 0 Å². The fourth-order valence-corrected chi connectivity index (χ4v) is 1.11. The highest BCUT2D eigenvalue weighted by molar-refractivity contribution is 9.09. The molecule has 0 saturated heterocycles. The van der Waals surface area contributed by atoms with Gasteiger partial charge < -0.3 is 5.73 Å². The smallest absolute Gasteiger partial charge is 0.173 e. The molecule has 0 heterocycles. The summed E-state index contributed by atoms with van der Waals surface area (Å²) in [7, 11) is 0. The summed E-state index contributed by atoms with van der Waals surface area (Å²) >= 11 is 3.09. The Kier molecular flexibility index (Phi) is 5.17. The van der Waals surface area contributed by atoms with E-state index < -0.39 is 0 Å². The highest BCUT2D eigenvalue weighted by atomic mass is 79.9. The molecule has 0 spiro atoms. The van der Waals surface area contributed by atoms with Gasteiger partial charge in [-0.2, -0.15) is 0 Å². The summed E-state index contributed by atoms with van der Waals surface area (Å²) in [5, 5.41) is 0.344. The van der Waals surface area contributed by atoms with Crippen LogP contribution in [0.2, 0.25) is 0 Å². The van der Waals surface area contributed by atoms with Crippen LogP contribution < -0.4 is 5.73 Å². The zero-order valence-electron chi connectivity index (χ0n) is 6.29. The quantitative estimate of drug-likeness (QED) is 0.517. The Morgan fingerprint density at radius 3 is 2.67 bits per heavy atom. The number of benzene rings is 1. The summed E-state index contributed by atoms with van der Waals surface area (Å²) in [5.74, 6) is 0.0531. The Hall–Kier alpha value is -0.350. The first kappa shape index (κ1) is 11.6. The van der Waals surface area contributed by atoms with Crippen LogP contribution in [0.5, 0.6) is 0 Å². The fraction of sp³-hybridized carbons (Fsp3) is 0.125. The fourth-order valence-electron chi connectivity index (χ4n) is 0.789. The zero-order chi connectivity index (χ0) is 8.27. The molecule has 0 aliphatic carbocycles. The maximum absolute atomic E-state index is 11.1. The van der Waals surface area contributed by atoms with Crippen LogP contribution in [0.25, 0.3) is 0 Å². The molecule has 0 amide bonds. The monoisotopic (exact) mass is 293 g/mol. The largest absolute Gasteiger partial charge is 0.399 e. The topological polar surface area (TPSA) is 43.1 Å². The van der Waals surface area contributed by atoms with Gasteiger partial charge in [0.15, 0.2) is 5.78 Å². The molecule has 0 radical (unpaired) electrons. The maximum Gasteiger partial charge on any atom is 0.173 e. The molecule has 1 aromatic carbocycles. The molecule has 0 bridgehead atoms. The van der Waals surface area contributed by atoms with Crippen molar-refractivity contribution in [2.24, 2.45) is 0 Å². The van der Waals surface area contributed by atoms with Gasteiger partial charge in [0.1, 0.15) is 0 Å². The van der Waals surface area contributed by atoms with Crippen LogP contribution in [0.4, 0.5) is 5.69 Å². The summed E-state index contributed by atoms with van der Waals surface area (Å²) in [5.41, 5.74) is 6.76. The number of halogens is 2. The minimum atomic E-state index is 0. The van der Waals surface area contributed by atoms with Crippen molar-refractivity contribution >= 4 is 44.4 Å². The van der Waals surface area contributed by atoms with Gasteiger partial charge in [-0.3, -0.25) is 4.79 Å². The predicted octanol–water partition coefficient (Wildman–Crippen LogP) is 2.42. The number of carbonyl (C=O) groups is 1. The number of rotatable bonds is 2. The van der Waals surface area contributed by atoms with Gasteiger partial charge in [0.05, 0.1) is 5.33 Å². The minimum Gasteiger partial charge on any atom is -0.399 e. The van der Waals surface area contributed by atoms with Crippen molar-refractivity contribution in [2.75, 3.05) is 11.1 Å². The van der Waals surface area contributed by atoms with E-state index >= 15 is 0 Å². The predicted molar refractivity (Wildman–Crippen MR) is 59.3 cm³/mol. The van der Waals surface area contributed by atoms with Crippen molar-refractivity contribution in [3.8, 4) is 0 Å². The molecule has 0 unspecified atom stereocenters. The van der Waals surface area contributed by atoms with Gasteiger partial charge in [-0.25, -0.2) is 0 Å². The van der Waals surface area contributed by atoms with Gasteiger partial charge in [0.2, 0.25) is 0 Å². The molecule has 4 heteroatoms. The first-order valence-corrected chi connectivity index (χ1v) is 4.31. The number of carbonyl (C=O) groups excluding carboxylic acids is 1. The normalized spacial score (nSPS) is 8.75. The second-order valence-electron chi connectivity index (χ2n) is 2.18. The standard InChI is InChI=1S/C8H8BrNO.BrH/c9-5-8(11)6-2-1-3-7(10)4-6;/h1-4H,5,10H2;1H. The molecule has 2 nitrogen and oxygen atoms in total. The van der Waals surface area contributed by atoms with Crippen LogP contribution in [0.1, 0.15) is 10.4 Å². The van der Waals surface area contributed by atoms with Gasteiger partial charge in [0.25, 0.3) is 0 Å². The number of nitrogens with two attached hydrogens (primary N) is 1. The molecule has 0 aliphatic rings. The van der Waals surface area contributed by atoms with E-state index in [4.69, 9.17) is 5.73 Å². The average molecular weight is 295 g/mol. The number of hydrogen-bond acceptors (Lipinski definition) is 2. The summed E-state index contributed by atoms with van der Waals surface area (Å²) in [4.78, 5) is 11.1. The van der Waals surface area contributed by atoms with E-state index in [9.17, 15) is 4.79 Å². The Balaban J connectivity index is 0.00000121. The zero-order valence-corrected chi connectivity index (χ0v) is 9.59. The van der Waals surface area contributed by atoms with Crippen LogP contribution in [0.3, 0.4) is 0 Å². The third-order valence-electron chi connectivity index (χ3n) is 1.33. The average Bonchev–Trinajstić information content (AvgIpc) is 2.03. The molecule has 2 N–H and O–H groups in total. The summed E-state index contributed by atoms with van der Waals surface area (Å²) in [6, 6.07) is 6.94. The van der Waals surface area contributed by atoms with Crippen molar-refractivity contribution in [2.45, 2.75) is 0 Å². The Bertz CT molecular complexity index is 276.